The number of likely N-dealkylation sites (tertiary alicyclic amines) is 1. The summed E-state index contributed by atoms with van der Waals surface area (Å²) in [5.41, 5.74) is 4.08. The Labute approximate surface area is 235 Å². The lowest BCUT2D eigenvalue weighted by Crippen LogP contribution is -2.53. The van der Waals surface area contributed by atoms with Crippen molar-refractivity contribution in [3.8, 4) is 0 Å². The molecule has 10 nitrogen and oxygen atoms in total. The first-order valence-electron chi connectivity index (χ1n) is 13.9. The van der Waals surface area contributed by atoms with E-state index in [1.807, 2.05) is 40.0 Å². The topological polar surface area (TPSA) is 118 Å². The van der Waals surface area contributed by atoms with Crippen molar-refractivity contribution in [2.75, 3.05) is 18.0 Å². The van der Waals surface area contributed by atoms with E-state index in [0.29, 0.717) is 42.7 Å². The van der Waals surface area contributed by atoms with Crippen molar-refractivity contribution < 1.29 is 19.2 Å². The van der Waals surface area contributed by atoms with E-state index in [-0.39, 0.29) is 30.2 Å². The first-order valence-corrected chi connectivity index (χ1v) is 13.9. The van der Waals surface area contributed by atoms with Gasteiger partial charge in [0, 0.05) is 61.0 Å². The van der Waals surface area contributed by atoms with Crippen LogP contribution in [0.15, 0.2) is 67.3 Å². The number of carbonyl (C=O) groups excluding carboxylic acids is 4. The highest BCUT2D eigenvalue weighted by molar-refractivity contribution is 6.27. The standard InChI is InChI=1S/C31H28N6O4/c38-27-7-6-26(29(39)34-27)37-25-5-4-21(23-2-1-3-24(28(23)25)31(37)41)16-19-17-33-36(18-19)22-10-14-35(15-11-22)30(40)20-8-12-32-13-9-20/h1-5,8-9,12-13,17-18,22,26H,6-7,10-11,14-16H2,(H,34,38,39). The van der Waals surface area contributed by atoms with E-state index in [9.17, 15) is 19.2 Å². The molecule has 0 saturated carbocycles. The molecule has 2 fully saturated rings. The third-order valence-corrected chi connectivity index (χ3v) is 8.44. The van der Waals surface area contributed by atoms with Gasteiger partial charge in [-0.25, -0.2) is 0 Å². The quantitative estimate of drug-likeness (QED) is 0.383. The highest BCUT2D eigenvalue weighted by Crippen LogP contribution is 2.41. The van der Waals surface area contributed by atoms with Crippen LogP contribution < -0.4 is 10.2 Å². The smallest absolute Gasteiger partial charge is 0.259 e. The molecule has 4 amide bonds. The Balaban J connectivity index is 1.08. The van der Waals surface area contributed by atoms with Gasteiger partial charge in [-0.2, -0.15) is 5.10 Å². The maximum absolute atomic E-state index is 13.4. The van der Waals surface area contributed by atoms with Gasteiger partial charge in [-0.3, -0.25) is 39.1 Å². The molecule has 0 spiro atoms. The van der Waals surface area contributed by atoms with Gasteiger partial charge in [0.05, 0.1) is 17.9 Å². The first-order chi connectivity index (χ1) is 20.0. The molecular weight excluding hydrogens is 520 g/mol. The van der Waals surface area contributed by atoms with Crippen LogP contribution in [-0.2, 0) is 16.0 Å². The second kappa shape index (κ2) is 9.96. The van der Waals surface area contributed by atoms with Crippen molar-refractivity contribution in [3.05, 3.63) is 89.5 Å². The Hall–Kier alpha value is -4.86. The Morgan fingerprint density at radius 1 is 0.976 bits per heavy atom. The molecule has 0 bridgehead atoms. The van der Waals surface area contributed by atoms with Crippen molar-refractivity contribution >= 4 is 40.1 Å². The van der Waals surface area contributed by atoms with Gasteiger partial charge in [0.2, 0.25) is 11.8 Å². The lowest BCUT2D eigenvalue weighted by molar-refractivity contribution is -0.134. The lowest BCUT2D eigenvalue weighted by Gasteiger charge is -2.32. The Morgan fingerprint density at radius 2 is 1.78 bits per heavy atom. The number of hydrogen-bond donors (Lipinski definition) is 1. The number of carbonyl (C=O) groups is 4. The van der Waals surface area contributed by atoms with Crippen LogP contribution in [0.4, 0.5) is 5.69 Å². The zero-order valence-electron chi connectivity index (χ0n) is 22.3. The van der Waals surface area contributed by atoms with Gasteiger partial charge in [-0.15, -0.1) is 0 Å². The van der Waals surface area contributed by atoms with Crippen LogP contribution in [0.5, 0.6) is 0 Å². The molecule has 2 aromatic heterocycles. The maximum atomic E-state index is 13.4. The number of pyridine rings is 1. The van der Waals surface area contributed by atoms with E-state index in [1.165, 1.54) is 0 Å². The summed E-state index contributed by atoms with van der Waals surface area (Å²) < 4.78 is 2.01. The molecule has 2 aromatic carbocycles. The molecule has 5 heterocycles. The summed E-state index contributed by atoms with van der Waals surface area (Å²) in [7, 11) is 0. The van der Waals surface area contributed by atoms with Crippen molar-refractivity contribution in [1.82, 2.24) is 25.0 Å². The Morgan fingerprint density at radius 3 is 2.56 bits per heavy atom. The number of aromatic nitrogens is 3. The van der Waals surface area contributed by atoms with Crippen LogP contribution >= 0.6 is 0 Å². The van der Waals surface area contributed by atoms with Crippen molar-refractivity contribution in [3.63, 3.8) is 0 Å². The monoisotopic (exact) mass is 548 g/mol. The van der Waals surface area contributed by atoms with Crippen LogP contribution in [0.3, 0.4) is 0 Å². The molecule has 41 heavy (non-hydrogen) atoms. The fourth-order valence-electron chi connectivity index (χ4n) is 6.36. The summed E-state index contributed by atoms with van der Waals surface area (Å²) in [4.78, 5) is 57.9. The molecule has 2 saturated heterocycles. The molecule has 3 aliphatic heterocycles. The van der Waals surface area contributed by atoms with Gasteiger partial charge >= 0.3 is 0 Å². The van der Waals surface area contributed by atoms with E-state index in [2.05, 4.69) is 21.6 Å². The molecule has 0 radical (unpaired) electrons. The largest absolute Gasteiger partial charge is 0.338 e. The Kier molecular flexibility index (Phi) is 6.10. The summed E-state index contributed by atoms with van der Waals surface area (Å²) in [6, 6.07) is 12.6. The van der Waals surface area contributed by atoms with E-state index in [0.717, 1.165) is 34.7 Å². The highest BCUT2D eigenvalue weighted by atomic mass is 16.2. The normalized spacial score (nSPS) is 19.2. The summed E-state index contributed by atoms with van der Waals surface area (Å²) >= 11 is 0. The van der Waals surface area contributed by atoms with Crippen LogP contribution in [0, 0.1) is 0 Å². The highest BCUT2D eigenvalue weighted by Gasteiger charge is 2.40. The fourth-order valence-corrected chi connectivity index (χ4v) is 6.36. The maximum Gasteiger partial charge on any atom is 0.259 e. The Bertz CT molecular complexity index is 1710. The fraction of sp³-hybridized carbons (Fsp3) is 0.290. The number of piperidine rings is 2. The van der Waals surface area contributed by atoms with E-state index in [4.69, 9.17) is 0 Å². The minimum atomic E-state index is -0.703. The van der Waals surface area contributed by atoms with Crippen LogP contribution in [0.25, 0.3) is 10.8 Å². The second-order valence-electron chi connectivity index (χ2n) is 10.9. The average molecular weight is 549 g/mol. The molecular formula is C31H28N6O4. The molecule has 0 aliphatic carbocycles. The first kappa shape index (κ1) is 25.1. The van der Waals surface area contributed by atoms with Gasteiger partial charge in [0.15, 0.2) is 0 Å². The third kappa shape index (κ3) is 4.35. The molecule has 3 aliphatic rings. The van der Waals surface area contributed by atoms with Crippen molar-refractivity contribution in [2.45, 2.75) is 44.2 Å². The number of hydrogen-bond acceptors (Lipinski definition) is 6. The lowest BCUT2D eigenvalue weighted by atomic mass is 9.97. The zero-order valence-corrected chi connectivity index (χ0v) is 22.3. The van der Waals surface area contributed by atoms with Crippen LogP contribution in [-0.4, -0.2) is 62.4 Å². The third-order valence-electron chi connectivity index (χ3n) is 8.44. The van der Waals surface area contributed by atoms with Gasteiger partial charge in [0.1, 0.15) is 6.04 Å². The minimum Gasteiger partial charge on any atom is -0.338 e. The molecule has 4 aromatic rings. The summed E-state index contributed by atoms with van der Waals surface area (Å²) in [6.45, 7) is 1.35. The van der Waals surface area contributed by atoms with Gasteiger partial charge in [-0.1, -0.05) is 18.2 Å². The summed E-state index contributed by atoms with van der Waals surface area (Å²) in [6.07, 6.45) is 10.1. The number of amides is 4. The van der Waals surface area contributed by atoms with E-state index >= 15 is 0 Å². The zero-order chi connectivity index (χ0) is 28.1. The number of nitrogens with one attached hydrogen (secondary N) is 1. The number of imide groups is 1. The van der Waals surface area contributed by atoms with E-state index in [1.54, 1.807) is 35.5 Å². The van der Waals surface area contributed by atoms with Crippen molar-refractivity contribution in [1.29, 1.82) is 0 Å². The number of rotatable bonds is 5. The predicted octanol–water partition coefficient (Wildman–Crippen LogP) is 3.26. The summed E-state index contributed by atoms with van der Waals surface area (Å²) in [5.74, 6) is -0.910. The predicted molar refractivity (Wildman–Crippen MR) is 150 cm³/mol. The molecule has 1 unspecified atom stereocenters. The second-order valence-corrected chi connectivity index (χ2v) is 10.9. The van der Waals surface area contributed by atoms with Gasteiger partial charge < -0.3 is 4.90 Å². The minimum absolute atomic E-state index is 0.0358. The average Bonchev–Trinajstić information content (AvgIpc) is 3.58. The van der Waals surface area contributed by atoms with E-state index < -0.39 is 11.9 Å². The molecule has 10 heteroatoms. The van der Waals surface area contributed by atoms with Crippen LogP contribution in [0.1, 0.15) is 63.6 Å². The van der Waals surface area contributed by atoms with Crippen LogP contribution in [0.2, 0.25) is 0 Å². The van der Waals surface area contributed by atoms with Gasteiger partial charge in [0.25, 0.3) is 11.8 Å². The molecule has 1 atom stereocenters. The molecule has 1 N–H and O–H groups in total. The number of anilines is 1. The van der Waals surface area contributed by atoms with Gasteiger partial charge in [-0.05, 0) is 60.0 Å². The SMILES string of the molecule is O=C1CCC(N2C(=O)c3cccc4c(Cc5cnn(C6CCN(C(=O)c7ccncc7)CC6)c5)ccc2c34)C(=O)N1. The number of nitrogens with zero attached hydrogens (tertiary/aromatic N) is 5. The molecule has 206 valence electrons. The van der Waals surface area contributed by atoms with Crippen molar-refractivity contribution in [2.24, 2.45) is 0 Å². The summed E-state index contributed by atoms with van der Waals surface area (Å²) in [5, 5.41) is 8.85. The molecule has 7 rings (SSSR count). The number of benzene rings is 2.